The third-order valence-corrected chi connectivity index (χ3v) is 8.93. The van der Waals surface area contributed by atoms with Gasteiger partial charge in [0.15, 0.2) is 4.77 Å². The normalized spacial score (nSPS) is 12.6. The Morgan fingerprint density at radius 3 is 1.88 bits per heavy atom. The van der Waals surface area contributed by atoms with Crippen molar-refractivity contribution >= 4 is 48.4 Å². The lowest BCUT2D eigenvalue weighted by atomic mass is 10.0. The van der Waals surface area contributed by atoms with Crippen molar-refractivity contribution in [2.45, 2.75) is 90.0 Å². The Balaban J connectivity index is 1.68. The van der Waals surface area contributed by atoms with Gasteiger partial charge in [-0.25, -0.2) is 4.79 Å². The fourth-order valence-corrected chi connectivity index (χ4v) is 7.56. The van der Waals surface area contributed by atoms with Crippen LogP contribution >= 0.6 is 48.4 Å². The van der Waals surface area contributed by atoms with Crippen LogP contribution in [0.1, 0.15) is 60.8 Å². The van der Waals surface area contributed by atoms with Gasteiger partial charge in [-0.2, -0.15) is 23.5 Å². The predicted molar refractivity (Wildman–Crippen MR) is 149 cm³/mol. The Kier molecular flexibility index (Phi) is 10.6. The maximum atomic E-state index is 12.5. The summed E-state index contributed by atoms with van der Waals surface area (Å²) in [4.78, 5) is 12.5. The number of hydrogen-bond donors (Lipinski definition) is 2. The Morgan fingerprint density at radius 2 is 1.42 bits per heavy atom. The third-order valence-electron chi connectivity index (χ3n) is 6.06. The molecule has 0 aliphatic heterocycles. The maximum absolute atomic E-state index is 12.5. The number of rotatable bonds is 14. The number of nitrogens with zero attached hydrogens (tertiary/aromatic N) is 4. The molecule has 0 aromatic carbocycles. The molecule has 0 aliphatic carbocycles. The van der Waals surface area contributed by atoms with E-state index in [-0.39, 0.29) is 17.1 Å². The second-order valence-electron chi connectivity index (χ2n) is 9.49. The highest BCUT2D eigenvalue weighted by molar-refractivity contribution is 8.00. The number of thiol groups is 1. The van der Waals surface area contributed by atoms with Gasteiger partial charge in [0, 0.05) is 30.4 Å². The molecule has 2 aromatic rings. The maximum Gasteiger partial charge on any atom is 0.331 e. The molecule has 2 heterocycles. The van der Waals surface area contributed by atoms with Crippen molar-refractivity contribution < 1.29 is 5.11 Å². The fraction of sp³-hybridized carbons (Fsp3) is 0.739. The average Bonchev–Trinajstić information content (AvgIpc) is 3.20. The van der Waals surface area contributed by atoms with Gasteiger partial charge >= 0.3 is 5.69 Å². The van der Waals surface area contributed by atoms with Crippen LogP contribution in [0.2, 0.25) is 0 Å². The summed E-state index contributed by atoms with van der Waals surface area (Å²) in [6, 6.07) is 0. The average molecular weight is 533 g/mol. The highest BCUT2D eigenvalue weighted by Gasteiger charge is 2.26. The van der Waals surface area contributed by atoms with Crippen LogP contribution in [-0.2, 0) is 24.2 Å². The quantitative estimate of drug-likeness (QED) is 0.182. The van der Waals surface area contributed by atoms with E-state index in [1.165, 1.54) is 10.8 Å². The zero-order valence-corrected chi connectivity index (χ0v) is 24.2. The number of aromatic nitrogens is 4. The first kappa shape index (κ1) is 28.5. The van der Waals surface area contributed by atoms with Gasteiger partial charge in [-0.05, 0) is 96.0 Å². The molecule has 2 rings (SSSR count). The zero-order chi connectivity index (χ0) is 24.8. The first-order chi connectivity index (χ1) is 15.5. The number of thioether (sulfide) groups is 2. The topological polar surface area (TPSA) is 57.0 Å². The zero-order valence-electron chi connectivity index (χ0n) is 20.8. The van der Waals surface area contributed by atoms with Crippen molar-refractivity contribution in [3.8, 4) is 5.88 Å². The van der Waals surface area contributed by atoms with Crippen molar-refractivity contribution in [3.63, 3.8) is 0 Å². The molecule has 0 atom stereocenters. The fourth-order valence-electron chi connectivity index (χ4n) is 3.88. The Bertz CT molecular complexity index is 937. The van der Waals surface area contributed by atoms with Gasteiger partial charge in [0.25, 0.3) is 0 Å². The van der Waals surface area contributed by atoms with E-state index in [1.807, 2.05) is 50.5 Å². The molecule has 0 amide bonds. The number of hydrogen-bond acceptors (Lipinski definition) is 6. The Labute approximate surface area is 217 Å². The molecule has 1 N–H and O–H groups in total. The molecule has 0 saturated heterocycles. The van der Waals surface area contributed by atoms with Crippen LogP contribution < -0.4 is 5.69 Å². The summed E-state index contributed by atoms with van der Waals surface area (Å²) in [6.07, 6.45) is 6.60. The first-order valence-corrected chi connectivity index (χ1v) is 14.8. The molecule has 10 heteroatoms. The molecule has 0 unspecified atom stereocenters. The Morgan fingerprint density at radius 1 is 0.909 bits per heavy atom. The van der Waals surface area contributed by atoms with Gasteiger partial charge in [-0.1, -0.05) is 0 Å². The minimum absolute atomic E-state index is 0.0498. The number of imidazole rings is 2. The molecule has 0 aliphatic rings. The van der Waals surface area contributed by atoms with E-state index in [1.54, 1.807) is 4.57 Å². The lowest BCUT2D eigenvalue weighted by molar-refractivity contribution is 0.286. The molecule has 33 heavy (non-hydrogen) atoms. The molecule has 0 bridgehead atoms. The summed E-state index contributed by atoms with van der Waals surface area (Å²) in [5.41, 5.74) is -0.594. The van der Waals surface area contributed by atoms with Crippen LogP contribution in [0.3, 0.4) is 0 Å². The highest BCUT2D eigenvalue weighted by atomic mass is 32.2. The predicted octanol–water partition coefficient (Wildman–Crippen LogP) is 5.82. The minimum atomic E-state index is -0.404. The van der Waals surface area contributed by atoms with Crippen molar-refractivity contribution in [1.29, 1.82) is 0 Å². The van der Waals surface area contributed by atoms with E-state index in [2.05, 4.69) is 42.5 Å². The lowest BCUT2D eigenvalue weighted by Gasteiger charge is -2.28. The van der Waals surface area contributed by atoms with E-state index in [4.69, 9.17) is 12.2 Å². The number of aromatic hydroxyl groups is 1. The summed E-state index contributed by atoms with van der Waals surface area (Å²) in [7, 11) is 0. The van der Waals surface area contributed by atoms with Crippen molar-refractivity contribution in [1.82, 2.24) is 18.3 Å². The summed E-state index contributed by atoms with van der Waals surface area (Å²) in [5.74, 6) is 4.35. The van der Waals surface area contributed by atoms with Gasteiger partial charge in [0.1, 0.15) is 0 Å². The molecule has 0 radical (unpaired) electrons. The highest BCUT2D eigenvalue weighted by Crippen LogP contribution is 2.28. The van der Waals surface area contributed by atoms with Gasteiger partial charge < -0.3 is 14.2 Å². The smallest absolute Gasteiger partial charge is 0.331 e. The first-order valence-electron chi connectivity index (χ1n) is 11.6. The molecule has 0 spiro atoms. The molecule has 2 aromatic heterocycles. The molecule has 0 saturated carbocycles. The van der Waals surface area contributed by atoms with Crippen LogP contribution in [0.4, 0.5) is 0 Å². The van der Waals surface area contributed by atoms with Crippen LogP contribution in [0.15, 0.2) is 22.2 Å². The van der Waals surface area contributed by atoms with Crippen molar-refractivity contribution in [3.05, 3.63) is 27.6 Å². The monoisotopic (exact) mass is 532 g/mol. The van der Waals surface area contributed by atoms with E-state index in [0.29, 0.717) is 6.54 Å². The summed E-state index contributed by atoms with van der Waals surface area (Å²) < 4.78 is 8.16. The van der Waals surface area contributed by atoms with Crippen LogP contribution in [-0.4, -0.2) is 46.4 Å². The van der Waals surface area contributed by atoms with E-state index in [0.717, 1.165) is 58.6 Å². The van der Waals surface area contributed by atoms with Crippen molar-refractivity contribution in [2.24, 2.45) is 0 Å². The largest absolute Gasteiger partial charge is 0.493 e. The molecular weight excluding hydrogens is 493 g/mol. The van der Waals surface area contributed by atoms with Crippen molar-refractivity contribution in [2.75, 3.05) is 23.0 Å². The van der Waals surface area contributed by atoms with E-state index < -0.39 is 5.54 Å². The van der Waals surface area contributed by atoms with Gasteiger partial charge in [0.2, 0.25) is 5.88 Å². The van der Waals surface area contributed by atoms with E-state index >= 15 is 0 Å². The minimum Gasteiger partial charge on any atom is -0.493 e. The molecular formula is C23H40N4O2S4. The van der Waals surface area contributed by atoms with Crippen LogP contribution in [0.25, 0.3) is 0 Å². The standard InChI is InChI=1S/C23H40N4O2S4/c1-7-24-16-18(28)26(20(24)29)22(3,4)10-14-32-12-9-13-33-15-11-23(5,6)27-19(30)17-25(8-2)21(27)31/h16-17,28,30H,7-15H2,1-6H3. The number of aryl methyl sites for hydroxylation is 2. The molecule has 6 nitrogen and oxygen atoms in total. The van der Waals surface area contributed by atoms with Crippen LogP contribution in [0, 0.1) is 4.77 Å². The van der Waals surface area contributed by atoms with Gasteiger partial charge in [-0.15, -0.1) is 12.6 Å². The van der Waals surface area contributed by atoms with Crippen LogP contribution in [0.5, 0.6) is 5.88 Å². The lowest BCUT2D eigenvalue weighted by Crippen LogP contribution is -2.37. The molecule has 0 fully saturated rings. The summed E-state index contributed by atoms with van der Waals surface area (Å²) in [5, 5.41) is 11.1. The summed E-state index contributed by atoms with van der Waals surface area (Å²) in [6.45, 7) is 13.9. The summed E-state index contributed by atoms with van der Waals surface area (Å²) >= 11 is 14.2. The Hall–Kier alpha value is -0.710. The molecule has 188 valence electrons. The van der Waals surface area contributed by atoms with Gasteiger partial charge in [0.05, 0.1) is 11.2 Å². The van der Waals surface area contributed by atoms with E-state index in [9.17, 15) is 9.90 Å². The second kappa shape index (κ2) is 12.3. The third kappa shape index (κ3) is 7.15. The second-order valence-corrected chi connectivity index (χ2v) is 12.8. The van der Waals surface area contributed by atoms with Gasteiger partial charge in [-0.3, -0.25) is 9.13 Å². The SMILES string of the molecule is CCn1cc(O)n(C(C)(C)CCSCCCSCCC(C)(C)n2c(S)cn(CC)c2=S)c1=O.